The number of hydrogen-bond donors (Lipinski definition) is 1. The predicted molar refractivity (Wildman–Crippen MR) is 112 cm³/mol. The molecule has 1 aliphatic heterocycles. The summed E-state index contributed by atoms with van der Waals surface area (Å²) in [6.45, 7) is 3.99. The standard InChI is InChI=1S/C24H29N3O2/c1-18-6-5-9-20(26-18)17-25-23(29)21-16-24(21)12-14-27(15-13-24)22(28)11-10-19-7-3-2-4-8-19/h2-9,21H,10-17H2,1H3,(H,25,29)/t21-/m1/s1. The Morgan fingerprint density at radius 2 is 1.86 bits per heavy atom. The molecule has 1 atom stereocenters. The van der Waals surface area contributed by atoms with E-state index in [-0.39, 0.29) is 23.1 Å². The first-order chi connectivity index (χ1) is 14.1. The summed E-state index contributed by atoms with van der Waals surface area (Å²) < 4.78 is 0. The van der Waals surface area contributed by atoms with E-state index in [9.17, 15) is 9.59 Å². The second-order valence-electron chi connectivity index (χ2n) is 8.47. The molecule has 5 nitrogen and oxygen atoms in total. The van der Waals surface area contributed by atoms with Gasteiger partial charge in [0.05, 0.1) is 12.2 Å². The summed E-state index contributed by atoms with van der Waals surface area (Å²) in [6, 6.07) is 16.0. The van der Waals surface area contributed by atoms with Crippen molar-refractivity contribution in [1.82, 2.24) is 15.2 Å². The van der Waals surface area contributed by atoms with Gasteiger partial charge in [0, 0.05) is 31.1 Å². The van der Waals surface area contributed by atoms with Gasteiger partial charge in [-0.3, -0.25) is 14.6 Å². The van der Waals surface area contributed by atoms with E-state index in [0.717, 1.165) is 50.2 Å². The van der Waals surface area contributed by atoms with Crippen molar-refractivity contribution in [1.29, 1.82) is 0 Å². The second kappa shape index (κ2) is 8.36. The number of rotatable bonds is 6. The molecule has 0 radical (unpaired) electrons. The van der Waals surface area contributed by atoms with Gasteiger partial charge in [0.25, 0.3) is 0 Å². The number of carbonyl (C=O) groups is 2. The number of carbonyl (C=O) groups excluding carboxylic acids is 2. The van der Waals surface area contributed by atoms with E-state index in [2.05, 4.69) is 22.4 Å². The zero-order chi connectivity index (χ0) is 20.3. The van der Waals surface area contributed by atoms with Crippen molar-refractivity contribution in [2.45, 2.75) is 45.6 Å². The molecule has 29 heavy (non-hydrogen) atoms. The molecule has 2 fully saturated rings. The van der Waals surface area contributed by atoms with Gasteiger partial charge in [0.1, 0.15) is 0 Å². The van der Waals surface area contributed by atoms with Crippen LogP contribution in [0, 0.1) is 18.3 Å². The maximum Gasteiger partial charge on any atom is 0.224 e. The number of piperidine rings is 1. The molecule has 2 amide bonds. The summed E-state index contributed by atoms with van der Waals surface area (Å²) in [5.74, 6) is 0.460. The van der Waals surface area contributed by atoms with Crippen molar-refractivity contribution in [3.63, 3.8) is 0 Å². The van der Waals surface area contributed by atoms with Crippen LogP contribution >= 0.6 is 0 Å². The van der Waals surface area contributed by atoms with Crippen molar-refractivity contribution in [2.24, 2.45) is 11.3 Å². The zero-order valence-electron chi connectivity index (χ0n) is 17.1. The molecule has 1 aromatic carbocycles. The van der Waals surface area contributed by atoms with Crippen LogP contribution in [0.25, 0.3) is 0 Å². The van der Waals surface area contributed by atoms with Crippen LogP contribution in [-0.2, 0) is 22.6 Å². The lowest BCUT2D eigenvalue weighted by molar-refractivity contribution is -0.132. The van der Waals surface area contributed by atoms with Gasteiger partial charge in [0.15, 0.2) is 0 Å². The summed E-state index contributed by atoms with van der Waals surface area (Å²) in [5.41, 5.74) is 3.17. The molecule has 0 unspecified atom stereocenters. The minimum atomic E-state index is 0.0916. The van der Waals surface area contributed by atoms with Crippen molar-refractivity contribution in [2.75, 3.05) is 13.1 Å². The van der Waals surface area contributed by atoms with Crippen LogP contribution in [0.3, 0.4) is 0 Å². The smallest absolute Gasteiger partial charge is 0.224 e. The highest BCUT2D eigenvalue weighted by Gasteiger charge is 2.58. The lowest BCUT2D eigenvalue weighted by Gasteiger charge is -2.33. The Balaban J connectivity index is 1.21. The number of aryl methyl sites for hydroxylation is 2. The fourth-order valence-electron chi connectivity index (χ4n) is 4.53. The fraction of sp³-hybridized carbons (Fsp3) is 0.458. The minimum Gasteiger partial charge on any atom is -0.350 e. The molecule has 152 valence electrons. The van der Waals surface area contributed by atoms with E-state index in [1.54, 1.807) is 0 Å². The maximum absolute atomic E-state index is 12.6. The number of likely N-dealkylation sites (tertiary alicyclic amines) is 1. The average molecular weight is 392 g/mol. The van der Waals surface area contributed by atoms with Crippen LogP contribution in [0.2, 0.25) is 0 Å². The third-order valence-electron chi connectivity index (χ3n) is 6.48. The maximum atomic E-state index is 12.6. The number of pyridine rings is 1. The quantitative estimate of drug-likeness (QED) is 0.822. The number of benzene rings is 1. The van der Waals surface area contributed by atoms with Crippen molar-refractivity contribution >= 4 is 11.8 Å². The van der Waals surface area contributed by atoms with Gasteiger partial charge in [-0.15, -0.1) is 0 Å². The van der Waals surface area contributed by atoms with E-state index < -0.39 is 0 Å². The van der Waals surface area contributed by atoms with E-state index in [0.29, 0.717) is 13.0 Å². The van der Waals surface area contributed by atoms with Crippen molar-refractivity contribution in [3.8, 4) is 0 Å². The van der Waals surface area contributed by atoms with Crippen molar-refractivity contribution in [3.05, 3.63) is 65.5 Å². The molecule has 1 N–H and O–H groups in total. The lowest BCUT2D eigenvalue weighted by Crippen LogP contribution is -2.40. The molecule has 1 aromatic heterocycles. The molecular formula is C24H29N3O2. The van der Waals surface area contributed by atoms with Crippen LogP contribution in [0.5, 0.6) is 0 Å². The number of amides is 2. The average Bonchev–Trinajstić information content (AvgIpc) is 3.45. The summed E-state index contributed by atoms with van der Waals surface area (Å²) in [6.07, 6.45) is 4.17. The molecular weight excluding hydrogens is 362 g/mol. The van der Waals surface area contributed by atoms with Gasteiger partial charge >= 0.3 is 0 Å². The molecule has 4 rings (SSSR count). The van der Waals surface area contributed by atoms with Gasteiger partial charge in [-0.1, -0.05) is 36.4 Å². The normalized spacial score (nSPS) is 19.8. The predicted octanol–water partition coefficient (Wildman–Crippen LogP) is 3.27. The molecule has 1 aliphatic carbocycles. The number of aromatic nitrogens is 1. The minimum absolute atomic E-state index is 0.0916. The van der Waals surface area contributed by atoms with Crippen LogP contribution in [0.4, 0.5) is 0 Å². The Bertz CT molecular complexity index is 873. The highest BCUT2D eigenvalue weighted by molar-refractivity contribution is 5.82. The fourth-order valence-corrected chi connectivity index (χ4v) is 4.53. The summed E-state index contributed by atoms with van der Waals surface area (Å²) in [7, 11) is 0. The summed E-state index contributed by atoms with van der Waals surface area (Å²) >= 11 is 0. The van der Waals surface area contributed by atoms with E-state index in [4.69, 9.17) is 0 Å². The van der Waals surface area contributed by atoms with Gasteiger partial charge < -0.3 is 10.2 Å². The van der Waals surface area contributed by atoms with Gasteiger partial charge in [-0.2, -0.15) is 0 Å². The number of nitrogens with zero attached hydrogens (tertiary/aromatic N) is 2. The topological polar surface area (TPSA) is 62.3 Å². The highest BCUT2D eigenvalue weighted by Crippen LogP contribution is 2.59. The molecule has 2 heterocycles. The SMILES string of the molecule is Cc1cccc(CNC(=O)[C@H]2CC23CCN(C(=O)CCc2ccccc2)CC3)n1. The van der Waals surface area contributed by atoms with Crippen LogP contribution < -0.4 is 5.32 Å². The van der Waals surface area contributed by atoms with Crippen LogP contribution in [-0.4, -0.2) is 34.8 Å². The number of nitrogens with one attached hydrogen (secondary N) is 1. The summed E-state index contributed by atoms with van der Waals surface area (Å²) in [4.78, 5) is 31.6. The first-order valence-electron chi connectivity index (χ1n) is 10.6. The molecule has 1 spiro atoms. The zero-order valence-corrected chi connectivity index (χ0v) is 17.1. The third-order valence-corrected chi connectivity index (χ3v) is 6.48. The Hall–Kier alpha value is -2.69. The Kier molecular flexibility index (Phi) is 5.65. The molecule has 1 saturated heterocycles. The van der Waals surface area contributed by atoms with Gasteiger partial charge in [-0.05, 0) is 55.7 Å². The molecule has 5 heteroatoms. The summed E-state index contributed by atoms with van der Waals surface area (Å²) in [5, 5.41) is 3.05. The van der Waals surface area contributed by atoms with Gasteiger partial charge in [0.2, 0.25) is 11.8 Å². The Morgan fingerprint density at radius 1 is 1.10 bits per heavy atom. The van der Waals surface area contributed by atoms with Crippen LogP contribution in [0.15, 0.2) is 48.5 Å². The molecule has 0 bridgehead atoms. The Morgan fingerprint density at radius 3 is 2.59 bits per heavy atom. The Labute approximate surface area is 172 Å². The third kappa shape index (κ3) is 4.66. The first kappa shape index (κ1) is 19.6. The lowest BCUT2D eigenvalue weighted by atomic mass is 9.90. The van der Waals surface area contributed by atoms with Crippen molar-refractivity contribution < 1.29 is 9.59 Å². The first-order valence-corrected chi connectivity index (χ1v) is 10.6. The monoisotopic (exact) mass is 391 g/mol. The van der Waals surface area contributed by atoms with E-state index in [1.165, 1.54) is 5.56 Å². The number of hydrogen-bond acceptors (Lipinski definition) is 3. The largest absolute Gasteiger partial charge is 0.350 e. The van der Waals surface area contributed by atoms with Gasteiger partial charge in [-0.25, -0.2) is 0 Å². The second-order valence-corrected chi connectivity index (χ2v) is 8.47. The van der Waals surface area contributed by atoms with E-state index in [1.807, 2.05) is 48.2 Å². The molecule has 2 aromatic rings. The highest BCUT2D eigenvalue weighted by atomic mass is 16.2. The molecule has 2 aliphatic rings. The van der Waals surface area contributed by atoms with Crippen LogP contribution in [0.1, 0.15) is 42.6 Å². The van der Waals surface area contributed by atoms with E-state index >= 15 is 0 Å². The molecule has 1 saturated carbocycles.